The van der Waals surface area contributed by atoms with Gasteiger partial charge in [-0.3, -0.25) is 9.69 Å². The van der Waals surface area contributed by atoms with Crippen LogP contribution in [0.15, 0.2) is 24.0 Å². The Morgan fingerprint density at radius 1 is 1.13 bits per heavy atom. The van der Waals surface area contributed by atoms with Gasteiger partial charge in [0.25, 0.3) is 0 Å². The van der Waals surface area contributed by atoms with Crippen LogP contribution in [0.4, 0.5) is 0 Å². The highest BCUT2D eigenvalue weighted by Crippen LogP contribution is 2.55. The lowest BCUT2D eigenvalue weighted by Crippen LogP contribution is -2.49. The maximum Gasteiger partial charge on any atom is 0.339 e. The van der Waals surface area contributed by atoms with E-state index in [9.17, 15) is 19.8 Å². The highest BCUT2D eigenvalue weighted by molar-refractivity contribution is 5.86. The molecule has 214 valence electrons. The summed E-state index contributed by atoms with van der Waals surface area (Å²) in [5.74, 6) is -0.0645. The molecule has 3 heterocycles. The van der Waals surface area contributed by atoms with Crippen LogP contribution in [0.2, 0.25) is 0 Å². The molecule has 4 aliphatic rings. The molecule has 2 N–H and O–H groups in total. The average molecular weight is 546 g/mol. The van der Waals surface area contributed by atoms with Crippen LogP contribution in [0.1, 0.15) is 69.4 Å². The average Bonchev–Trinajstić information content (AvgIpc) is 3.56. The van der Waals surface area contributed by atoms with Crippen molar-refractivity contribution in [3.05, 3.63) is 35.1 Å². The smallest absolute Gasteiger partial charge is 0.339 e. The van der Waals surface area contributed by atoms with Crippen molar-refractivity contribution in [2.24, 2.45) is 0 Å². The number of hydrogen-bond acceptors (Lipinski definition) is 10. The van der Waals surface area contributed by atoms with Crippen molar-refractivity contribution >= 4 is 11.9 Å². The predicted molar refractivity (Wildman–Crippen MR) is 139 cm³/mol. The Morgan fingerprint density at radius 2 is 1.87 bits per heavy atom. The fraction of sp³-hybridized carbons (Fsp3) is 0.655. The number of carbonyl (C=O) groups is 2. The van der Waals surface area contributed by atoms with E-state index < -0.39 is 41.2 Å². The Hall–Kier alpha value is -2.82. The monoisotopic (exact) mass is 545 g/mol. The van der Waals surface area contributed by atoms with Gasteiger partial charge in [-0.25, -0.2) is 4.79 Å². The number of fused-ring (bicyclic) bond motifs is 3. The van der Waals surface area contributed by atoms with Crippen LogP contribution in [0.3, 0.4) is 0 Å². The van der Waals surface area contributed by atoms with Crippen LogP contribution in [-0.4, -0.2) is 84.0 Å². The number of ether oxygens (including phenoxy) is 5. The van der Waals surface area contributed by atoms with Gasteiger partial charge in [0.2, 0.25) is 6.79 Å². The topological polar surface area (TPSA) is 124 Å². The number of rotatable bonds is 9. The van der Waals surface area contributed by atoms with Gasteiger partial charge in [0.1, 0.15) is 5.76 Å². The van der Waals surface area contributed by atoms with E-state index in [1.807, 2.05) is 12.1 Å². The van der Waals surface area contributed by atoms with Gasteiger partial charge in [-0.2, -0.15) is 0 Å². The molecule has 0 bridgehead atoms. The zero-order valence-corrected chi connectivity index (χ0v) is 23.2. The van der Waals surface area contributed by atoms with Crippen molar-refractivity contribution in [3.63, 3.8) is 0 Å². The summed E-state index contributed by atoms with van der Waals surface area (Å²) in [6.45, 7) is 5.21. The second kappa shape index (κ2) is 10.3. The van der Waals surface area contributed by atoms with Crippen LogP contribution in [0, 0.1) is 0 Å². The lowest BCUT2D eigenvalue weighted by molar-refractivity contribution is -0.178. The van der Waals surface area contributed by atoms with Gasteiger partial charge in [0.15, 0.2) is 23.2 Å². The van der Waals surface area contributed by atoms with E-state index in [2.05, 4.69) is 11.0 Å². The first-order valence-corrected chi connectivity index (χ1v) is 13.7. The summed E-state index contributed by atoms with van der Waals surface area (Å²) in [6, 6.07) is 4.00. The molecular formula is C29H39NO9. The molecule has 1 spiro atoms. The van der Waals surface area contributed by atoms with E-state index in [1.54, 1.807) is 21.0 Å². The van der Waals surface area contributed by atoms with Gasteiger partial charge in [-0.1, -0.05) is 0 Å². The van der Waals surface area contributed by atoms with Crippen molar-refractivity contribution in [2.75, 3.05) is 34.1 Å². The molecule has 1 aliphatic carbocycles. The van der Waals surface area contributed by atoms with Crippen molar-refractivity contribution < 1.29 is 43.5 Å². The largest absolute Gasteiger partial charge is 0.497 e. The van der Waals surface area contributed by atoms with E-state index in [-0.39, 0.29) is 19.1 Å². The third-order valence-electron chi connectivity index (χ3n) is 8.62. The Labute approximate surface area is 228 Å². The lowest BCUT2D eigenvalue weighted by atomic mass is 9.77. The van der Waals surface area contributed by atoms with Gasteiger partial charge >= 0.3 is 11.9 Å². The number of carbonyl (C=O) groups excluding carboxylic acids is 2. The first-order chi connectivity index (χ1) is 18.5. The molecule has 3 aliphatic heterocycles. The molecule has 4 atom stereocenters. The lowest BCUT2D eigenvalue weighted by Gasteiger charge is -2.39. The summed E-state index contributed by atoms with van der Waals surface area (Å²) >= 11 is 0. The molecule has 5 rings (SSSR count). The molecule has 10 nitrogen and oxygen atoms in total. The van der Waals surface area contributed by atoms with Gasteiger partial charge in [0.05, 0.1) is 37.7 Å². The SMILES string of the molecule is COC(=O)C[C@](O)(CCCC(C)(C)O)C(=O)O[C@H]1C(OC)=C[C@]23CCCN2CCc2cc4c(cc2[C@H]13)OCO4. The molecule has 10 heteroatoms. The third kappa shape index (κ3) is 5.10. The maximum absolute atomic E-state index is 13.8. The molecular weight excluding hydrogens is 506 g/mol. The van der Waals surface area contributed by atoms with Crippen LogP contribution < -0.4 is 9.47 Å². The Kier molecular flexibility index (Phi) is 7.32. The molecule has 0 saturated carbocycles. The molecule has 0 amide bonds. The van der Waals surface area contributed by atoms with Crippen molar-refractivity contribution in [2.45, 2.75) is 87.6 Å². The fourth-order valence-electron chi connectivity index (χ4n) is 6.71. The van der Waals surface area contributed by atoms with Crippen LogP contribution in [0.5, 0.6) is 11.5 Å². The normalized spacial score (nSPS) is 27.0. The molecule has 0 radical (unpaired) electrons. The molecule has 39 heavy (non-hydrogen) atoms. The Bertz CT molecular complexity index is 1160. The zero-order valence-electron chi connectivity index (χ0n) is 23.2. The number of aliphatic hydroxyl groups is 2. The minimum absolute atomic E-state index is 0.0686. The van der Waals surface area contributed by atoms with Gasteiger partial charge in [-0.15, -0.1) is 0 Å². The van der Waals surface area contributed by atoms with Crippen LogP contribution in [-0.2, 0) is 30.2 Å². The van der Waals surface area contributed by atoms with Crippen molar-refractivity contribution in [1.29, 1.82) is 0 Å². The molecule has 0 aromatic heterocycles. The summed E-state index contributed by atoms with van der Waals surface area (Å²) in [4.78, 5) is 28.4. The zero-order chi connectivity index (χ0) is 28.0. The molecule has 1 aromatic carbocycles. The summed E-state index contributed by atoms with van der Waals surface area (Å²) < 4.78 is 28.1. The van der Waals surface area contributed by atoms with Gasteiger partial charge < -0.3 is 33.9 Å². The van der Waals surface area contributed by atoms with Crippen LogP contribution in [0.25, 0.3) is 0 Å². The Balaban J connectivity index is 1.50. The minimum Gasteiger partial charge on any atom is -0.497 e. The molecule has 0 unspecified atom stereocenters. The summed E-state index contributed by atoms with van der Waals surface area (Å²) in [5.41, 5.74) is -1.42. The second-order valence-corrected chi connectivity index (χ2v) is 11.7. The minimum atomic E-state index is -2.12. The quantitative estimate of drug-likeness (QED) is 0.448. The third-order valence-corrected chi connectivity index (χ3v) is 8.62. The fourth-order valence-corrected chi connectivity index (χ4v) is 6.71. The van der Waals surface area contributed by atoms with E-state index in [4.69, 9.17) is 23.7 Å². The standard InChI is InChI=1S/C29H39NO9/c1-27(2,33)8-5-10-29(34,16-23(31)36-4)26(32)39-25-22(35-3)15-28-9-6-11-30(28)12-7-18-13-20-21(38-17-37-20)14-19(18)24(25)28/h13-15,24-25,33-34H,5-12,16-17H2,1-4H3/t24-,25+,28+,29-/m1/s1. The highest BCUT2D eigenvalue weighted by Gasteiger charge is 2.59. The number of methoxy groups -OCH3 is 2. The summed E-state index contributed by atoms with van der Waals surface area (Å²) in [7, 11) is 2.76. The summed E-state index contributed by atoms with van der Waals surface area (Å²) in [6.07, 6.45) is 3.94. The van der Waals surface area contributed by atoms with E-state index in [0.29, 0.717) is 30.1 Å². The van der Waals surface area contributed by atoms with Crippen molar-refractivity contribution in [3.8, 4) is 11.5 Å². The molecule has 1 fully saturated rings. The number of esters is 2. The maximum atomic E-state index is 13.8. The number of hydrogen-bond donors (Lipinski definition) is 2. The van der Waals surface area contributed by atoms with E-state index in [0.717, 1.165) is 43.5 Å². The first-order valence-electron chi connectivity index (χ1n) is 13.7. The molecule has 1 saturated heterocycles. The van der Waals surface area contributed by atoms with Crippen LogP contribution >= 0.6 is 0 Å². The van der Waals surface area contributed by atoms with Gasteiger partial charge in [0, 0.05) is 6.54 Å². The second-order valence-electron chi connectivity index (χ2n) is 11.7. The van der Waals surface area contributed by atoms with Gasteiger partial charge in [-0.05, 0) is 88.3 Å². The number of nitrogens with zero attached hydrogens (tertiary/aromatic N) is 1. The number of benzene rings is 1. The Morgan fingerprint density at radius 3 is 2.56 bits per heavy atom. The predicted octanol–water partition coefficient (Wildman–Crippen LogP) is 2.58. The van der Waals surface area contributed by atoms with E-state index in [1.165, 1.54) is 7.11 Å². The molecule has 1 aromatic rings. The highest BCUT2D eigenvalue weighted by atomic mass is 16.7. The first kappa shape index (κ1) is 27.7. The van der Waals surface area contributed by atoms with E-state index >= 15 is 0 Å². The van der Waals surface area contributed by atoms with Crippen molar-refractivity contribution in [1.82, 2.24) is 4.90 Å². The summed E-state index contributed by atoms with van der Waals surface area (Å²) in [5, 5.41) is 21.6.